The minimum absolute atomic E-state index is 0.0753. The number of methoxy groups -OCH3 is 1. The molecule has 1 N–H and O–H groups in total. The Morgan fingerprint density at radius 3 is 2.71 bits per heavy atom. The van der Waals surface area contributed by atoms with Crippen molar-refractivity contribution in [3.63, 3.8) is 0 Å². The summed E-state index contributed by atoms with van der Waals surface area (Å²) < 4.78 is 5.21. The first-order chi connectivity index (χ1) is 13.5. The van der Waals surface area contributed by atoms with E-state index in [1.807, 2.05) is 24.8 Å². The van der Waals surface area contributed by atoms with Crippen LogP contribution in [0.4, 0.5) is 0 Å². The molecule has 1 fully saturated rings. The zero-order valence-electron chi connectivity index (χ0n) is 17.0. The number of ether oxygens (including phenoxy) is 1. The van der Waals surface area contributed by atoms with Crippen molar-refractivity contribution in [2.75, 3.05) is 33.3 Å². The lowest BCUT2D eigenvalue weighted by molar-refractivity contribution is 0.0735. The third kappa shape index (κ3) is 4.65. The van der Waals surface area contributed by atoms with Crippen molar-refractivity contribution >= 4 is 5.91 Å². The molecule has 1 aliphatic heterocycles. The summed E-state index contributed by atoms with van der Waals surface area (Å²) in [5.41, 5.74) is 2.53. The number of phenols is 1. The highest BCUT2D eigenvalue weighted by Crippen LogP contribution is 2.32. The molecule has 150 valence electrons. The van der Waals surface area contributed by atoms with Gasteiger partial charge in [0.05, 0.1) is 12.7 Å². The molecule has 0 aliphatic carbocycles. The average Bonchev–Trinajstić information content (AvgIpc) is 3.14. The molecule has 0 saturated carbocycles. The van der Waals surface area contributed by atoms with E-state index in [1.165, 1.54) is 12.7 Å². The molecule has 2 aromatic carbocycles. The third-order valence-corrected chi connectivity index (χ3v) is 5.44. The zero-order chi connectivity index (χ0) is 20.1. The van der Waals surface area contributed by atoms with Crippen LogP contribution in [0.25, 0.3) is 0 Å². The number of aryl methyl sites for hydroxylation is 1. The Bertz CT molecular complexity index is 807. The van der Waals surface area contributed by atoms with Gasteiger partial charge in [-0.15, -0.1) is 0 Å². The summed E-state index contributed by atoms with van der Waals surface area (Å²) in [4.78, 5) is 17.4. The first-order valence-corrected chi connectivity index (χ1v) is 9.95. The number of benzene rings is 2. The van der Waals surface area contributed by atoms with Crippen molar-refractivity contribution in [2.45, 2.75) is 26.8 Å². The first kappa shape index (κ1) is 20.2. The Kier molecular flexibility index (Phi) is 6.57. The maximum atomic E-state index is 13.1. The van der Waals surface area contributed by atoms with Gasteiger partial charge in [-0.3, -0.25) is 9.69 Å². The smallest absolute Gasteiger partial charge is 0.257 e. The molecule has 0 spiro atoms. The molecule has 5 heteroatoms. The van der Waals surface area contributed by atoms with Crippen LogP contribution in [0, 0.1) is 12.8 Å². The largest absolute Gasteiger partial charge is 0.504 e. The number of rotatable bonds is 7. The van der Waals surface area contributed by atoms with Crippen LogP contribution in [0.5, 0.6) is 11.5 Å². The second kappa shape index (κ2) is 9.11. The lowest BCUT2D eigenvalue weighted by atomic mass is 10.1. The van der Waals surface area contributed by atoms with E-state index in [1.54, 1.807) is 12.1 Å². The molecule has 2 aromatic rings. The number of aromatic hydroxyl groups is 1. The predicted molar refractivity (Wildman–Crippen MR) is 111 cm³/mol. The zero-order valence-corrected chi connectivity index (χ0v) is 17.0. The molecule has 1 aliphatic rings. The number of amides is 1. The molecule has 1 heterocycles. The quantitative estimate of drug-likeness (QED) is 0.793. The van der Waals surface area contributed by atoms with Gasteiger partial charge < -0.3 is 14.7 Å². The van der Waals surface area contributed by atoms with Crippen molar-refractivity contribution < 1.29 is 14.6 Å². The second-order valence-corrected chi connectivity index (χ2v) is 7.58. The van der Waals surface area contributed by atoms with E-state index >= 15 is 0 Å². The maximum Gasteiger partial charge on any atom is 0.257 e. The summed E-state index contributed by atoms with van der Waals surface area (Å²) in [5, 5.41) is 10.4. The van der Waals surface area contributed by atoms with Gasteiger partial charge in [0.15, 0.2) is 11.5 Å². The van der Waals surface area contributed by atoms with Gasteiger partial charge in [0, 0.05) is 26.2 Å². The van der Waals surface area contributed by atoms with Crippen LogP contribution in [0.2, 0.25) is 0 Å². The van der Waals surface area contributed by atoms with Crippen molar-refractivity contribution in [1.29, 1.82) is 0 Å². The summed E-state index contributed by atoms with van der Waals surface area (Å²) >= 11 is 0. The van der Waals surface area contributed by atoms with E-state index in [4.69, 9.17) is 4.74 Å². The van der Waals surface area contributed by atoms with E-state index in [2.05, 4.69) is 29.2 Å². The fraction of sp³-hybridized carbons (Fsp3) is 0.435. The second-order valence-electron chi connectivity index (χ2n) is 7.58. The lowest BCUT2D eigenvalue weighted by Crippen LogP contribution is -2.36. The van der Waals surface area contributed by atoms with Gasteiger partial charge >= 0.3 is 0 Å². The van der Waals surface area contributed by atoms with Crippen molar-refractivity contribution in [3.8, 4) is 11.5 Å². The molecular weight excluding hydrogens is 352 g/mol. The summed E-state index contributed by atoms with van der Waals surface area (Å²) in [7, 11) is 1.50. The summed E-state index contributed by atoms with van der Waals surface area (Å²) in [6.45, 7) is 8.19. The number of likely N-dealkylation sites (tertiary alicyclic amines) is 1. The van der Waals surface area contributed by atoms with E-state index in [-0.39, 0.29) is 11.7 Å². The fourth-order valence-electron chi connectivity index (χ4n) is 3.95. The van der Waals surface area contributed by atoms with Crippen LogP contribution in [0.1, 0.15) is 34.8 Å². The molecule has 1 amide bonds. The Balaban J connectivity index is 1.65. The molecular formula is C23H30N2O3. The SMILES string of the molecule is CCN(C[C@H]1CCN(Cc2ccccc2)C1)C(=O)c1cc(C)cc(OC)c1O. The molecule has 0 unspecified atom stereocenters. The minimum atomic E-state index is -0.136. The number of hydrogen-bond donors (Lipinski definition) is 1. The maximum absolute atomic E-state index is 13.1. The lowest BCUT2D eigenvalue weighted by Gasteiger charge is -2.25. The number of phenolic OH excluding ortho intramolecular Hbond substituents is 1. The van der Waals surface area contributed by atoms with Crippen LogP contribution < -0.4 is 4.74 Å². The molecule has 3 rings (SSSR count). The molecule has 1 atom stereocenters. The highest BCUT2D eigenvalue weighted by Gasteiger charge is 2.27. The normalized spacial score (nSPS) is 16.9. The minimum Gasteiger partial charge on any atom is -0.504 e. The monoisotopic (exact) mass is 382 g/mol. The Labute approximate surface area is 167 Å². The van der Waals surface area contributed by atoms with Crippen LogP contribution in [0.3, 0.4) is 0 Å². The highest BCUT2D eigenvalue weighted by atomic mass is 16.5. The van der Waals surface area contributed by atoms with Gasteiger partial charge in [-0.1, -0.05) is 30.3 Å². The van der Waals surface area contributed by atoms with Crippen LogP contribution in [-0.2, 0) is 6.54 Å². The number of carbonyl (C=O) groups is 1. The topological polar surface area (TPSA) is 53.0 Å². The Hall–Kier alpha value is -2.53. The van der Waals surface area contributed by atoms with E-state index in [0.29, 0.717) is 30.3 Å². The summed E-state index contributed by atoms with van der Waals surface area (Å²) in [6.07, 6.45) is 1.08. The van der Waals surface area contributed by atoms with Gasteiger partial charge in [-0.25, -0.2) is 0 Å². The van der Waals surface area contributed by atoms with Gasteiger partial charge in [0.25, 0.3) is 5.91 Å². The molecule has 28 heavy (non-hydrogen) atoms. The highest BCUT2D eigenvalue weighted by molar-refractivity contribution is 5.98. The standard InChI is InChI=1S/C23H30N2O3/c1-4-25(23(27)20-12-17(2)13-21(28-3)22(20)26)16-19-10-11-24(15-19)14-18-8-6-5-7-9-18/h5-9,12-13,19,26H,4,10-11,14-16H2,1-3H3/t19-/m0/s1. The van der Waals surface area contributed by atoms with Crippen molar-refractivity contribution in [1.82, 2.24) is 9.80 Å². The first-order valence-electron chi connectivity index (χ1n) is 9.95. The number of nitrogens with zero attached hydrogens (tertiary/aromatic N) is 2. The fourth-order valence-corrected chi connectivity index (χ4v) is 3.95. The Morgan fingerprint density at radius 1 is 1.29 bits per heavy atom. The van der Waals surface area contributed by atoms with Gasteiger partial charge in [-0.05, 0) is 56.0 Å². The molecule has 1 saturated heterocycles. The third-order valence-electron chi connectivity index (χ3n) is 5.44. The van der Waals surface area contributed by atoms with Gasteiger partial charge in [-0.2, -0.15) is 0 Å². The van der Waals surface area contributed by atoms with Crippen LogP contribution in [0.15, 0.2) is 42.5 Å². The predicted octanol–water partition coefficient (Wildman–Crippen LogP) is 3.69. The summed E-state index contributed by atoms with van der Waals surface area (Å²) in [6, 6.07) is 14.0. The number of hydrogen-bond acceptors (Lipinski definition) is 4. The summed E-state index contributed by atoms with van der Waals surface area (Å²) in [5.74, 6) is 0.577. The number of carbonyl (C=O) groups excluding carboxylic acids is 1. The molecule has 0 bridgehead atoms. The van der Waals surface area contributed by atoms with Crippen LogP contribution >= 0.6 is 0 Å². The van der Waals surface area contributed by atoms with E-state index in [9.17, 15) is 9.90 Å². The molecule has 5 nitrogen and oxygen atoms in total. The van der Waals surface area contributed by atoms with E-state index < -0.39 is 0 Å². The van der Waals surface area contributed by atoms with Gasteiger partial charge in [0.1, 0.15) is 0 Å². The Morgan fingerprint density at radius 2 is 2.04 bits per heavy atom. The molecule has 0 radical (unpaired) electrons. The van der Waals surface area contributed by atoms with Crippen molar-refractivity contribution in [2.24, 2.45) is 5.92 Å². The molecule has 0 aromatic heterocycles. The van der Waals surface area contributed by atoms with Gasteiger partial charge in [0.2, 0.25) is 0 Å². The van der Waals surface area contributed by atoms with Crippen molar-refractivity contribution in [3.05, 3.63) is 59.2 Å². The van der Waals surface area contributed by atoms with Crippen LogP contribution in [-0.4, -0.2) is 54.1 Å². The van der Waals surface area contributed by atoms with E-state index in [0.717, 1.165) is 31.6 Å². The average molecular weight is 383 g/mol.